The zero-order valence-electron chi connectivity index (χ0n) is 22.5. The van der Waals surface area contributed by atoms with Gasteiger partial charge in [0.05, 0.1) is 17.5 Å². The van der Waals surface area contributed by atoms with Gasteiger partial charge in [0.15, 0.2) is 4.90 Å². The summed E-state index contributed by atoms with van der Waals surface area (Å²) >= 11 is 0. The molecule has 1 unspecified atom stereocenters. The Morgan fingerprint density at radius 1 is 1.03 bits per heavy atom. The summed E-state index contributed by atoms with van der Waals surface area (Å²) in [5.41, 5.74) is 2.47. The number of nitrogens with zero attached hydrogens (tertiary/aromatic N) is 3. The Morgan fingerprint density at radius 3 is 2.33 bits per heavy atom. The fourth-order valence-corrected chi connectivity index (χ4v) is 5.93. The fraction of sp³-hybridized carbons (Fsp3) is 0.300. The zero-order chi connectivity index (χ0) is 28.2. The van der Waals surface area contributed by atoms with Crippen LogP contribution in [0.15, 0.2) is 87.6 Å². The molecule has 1 N–H and O–H groups in total. The van der Waals surface area contributed by atoms with Crippen molar-refractivity contribution in [3.8, 4) is 17.0 Å². The van der Waals surface area contributed by atoms with Crippen LogP contribution in [0, 0.1) is 12.8 Å². The van der Waals surface area contributed by atoms with Crippen molar-refractivity contribution in [1.29, 1.82) is 0 Å². The van der Waals surface area contributed by atoms with Crippen LogP contribution in [0.2, 0.25) is 0 Å². The first kappa shape index (κ1) is 28.2. The highest BCUT2D eigenvalue weighted by Gasteiger charge is 2.32. The van der Waals surface area contributed by atoms with E-state index >= 15 is 0 Å². The first-order valence-corrected chi connectivity index (χ1v) is 14.3. The Hall–Kier alpha value is -3.82. The molecule has 0 fully saturated rings. The third kappa shape index (κ3) is 5.94. The van der Waals surface area contributed by atoms with Gasteiger partial charge in [-0.05, 0) is 59.7 Å². The third-order valence-electron chi connectivity index (χ3n) is 6.66. The first-order chi connectivity index (χ1) is 18.6. The Labute approximate surface area is 228 Å². The first-order valence-electron chi connectivity index (χ1n) is 12.8. The number of aryl methyl sites for hydroxylation is 2. The van der Waals surface area contributed by atoms with Gasteiger partial charge >= 0.3 is 0 Å². The van der Waals surface area contributed by atoms with Crippen molar-refractivity contribution in [2.24, 2.45) is 5.92 Å². The topological polar surface area (TPSA) is 111 Å². The van der Waals surface area contributed by atoms with Gasteiger partial charge in [0, 0.05) is 25.9 Å². The molecule has 8 nitrogen and oxygen atoms in total. The van der Waals surface area contributed by atoms with Crippen LogP contribution in [-0.4, -0.2) is 41.8 Å². The molecule has 39 heavy (non-hydrogen) atoms. The van der Waals surface area contributed by atoms with Crippen LogP contribution in [0.25, 0.3) is 11.1 Å². The quantitative estimate of drug-likeness (QED) is 0.298. The molecule has 1 atom stereocenters. The van der Waals surface area contributed by atoms with Crippen LogP contribution in [0.3, 0.4) is 0 Å². The predicted molar refractivity (Wildman–Crippen MR) is 150 cm³/mol. The van der Waals surface area contributed by atoms with Gasteiger partial charge < -0.3 is 9.84 Å². The molecule has 204 valence electrons. The molecule has 0 aliphatic rings. The average molecular weight is 548 g/mol. The number of aromatic hydroxyl groups is 1. The Bertz CT molecular complexity index is 1600. The van der Waals surface area contributed by atoms with Crippen LogP contribution in [0.4, 0.5) is 0 Å². The molecule has 0 saturated heterocycles. The number of ether oxygens (including phenoxy) is 1. The summed E-state index contributed by atoms with van der Waals surface area (Å²) in [5, 5.41) is 11.5. The number of rotatable bonds is 10. The van der Waals surface area contributed by atoms with Gasteiger partial charge in [-0.1, -0.05) is 56.3 Å². The number of benzene rings is 2. The number of sulfone groups is 1. The largest absolute Gasteiger partial charge is 0.493 e. The molecular weight excluding hydrogens is 514 g/mol. The highest BCUT2D eigenvalue weighted by Crippen LogP contribution is 2.33. The van der Waals surface area contributed by atoms with Crippen molar-refractivity contribution in [2.75, 3.05) is 13.7 Å². The van der Waals surface area contributed by atoms with Crippen molar-refractivity contribution in [3.05, 3.63) is 100 Å². The lowest BCUT2D eigenvalue weighted by Crippen LogP contribution is -2.29. The number of hydrogen-bond acceptors (Lipinski definition) is 7. The van der Waals surface area contributed by atoms with Gasteiger partial charge in [-0.2, -0.15) is 4.98 Å². The van der Waals surface area contributed by atoms with Crippen molar-refractivity contribution < 1.29 is 18.3 Å². The SMILES string of the molecule is COCC(c1ccccc1)n1c(CCC(C)C)nc(=O)c(S(=O)(=O)c2ccc(-c3ccncc3C)cc2)c1O. The second kappa shape index (κ2) is 11.9. The number of aromatic nitrogens is 3. The van der Waals surface area contributed by atoms with Crippen LogP contribution < -0.4 is 5.56 Å². The summed E-state index contributed by atoms with van der Waals surface area (Å²) in [6.45, 7) is 6.14. The van der Waals surface area contributed by atoms with Crippen molar-refractivity contribution in [2.45, 2.75) is 49.4 Å². The highest BCUT2D eigenvalue weighted by molar-refractivity contribution is 7.91. The van der Waals surface area contributed by atoms with Crippen molar-refractivity contribution in [3.63, 3.8) is 0 Å². The van der Waals surface area contributed by atoms with E-state index < -0.39 is 32.2 Å². The smallest absolute Gasteiger partial charge is 0.296 e. The maximum Gasteiger partial charge on any atom is 0.296 e. The minimum atomic E-state index is -4.41. The summed E-state index contributed by atoms with van der Waals surface area (Å²) in [7, 11) is -2.88. The summed E-state index contributed by atoms with van der Waals surface area (Å²) < 4.78 is 34.5. The number of pyridine rings is 1. The molecule has 0 saturated carbocycles. The molecule has 0 amide bonds. The Balaban J connectivity index is 1.88. The second-order valence-electron chi connectivity index (χ2n) is 9.89. The highest BCUT2D eigenvalue weighted by atomic mass is 32.2. The maximum absolute atomic E-state index is 13.8. The van der Waals surface area contributed by atoms with Gasteiger partial charge in [0.25, 0.3) is 5.56 Å². The van der Waals surface area contributed by atoms with E-state index in [9.17, 15) is 18.3 Å². The van der Waals surface area contributed by atoms with Crippen LogP contribution in [-0.2, 0) is 21.0 Å². The molecule has 0 aliphatic carbocycles. The minimum Gasteiger partial charge on any atom is -0.493 e. The van der Waals surface area contributed by atoms with Gasteiger partial charge in [0.1, 0.15) is 5.82 Å². The summed E-state index contributed by atoms with van der Waals surface area (Å²) in [4.78, 5) is 20.7. The van der Waals surface area contributed by atoms with Crippen LogP contribution >= 0.6 is 0 Å². The minimum absolute atomic E-state index is 0.114. The number of methoxy groups -OCH3 is 1. The molecule has 9 heteroatoms. The lowest BCUT2D eigenvalue weighted by molar-refractivity contribution is 0.161. The number of hydrogen-bond donors (Lipinski definition) is 1. The van der Waals surface area contributed by atoms with E-state index in [-0.39, 0.29) is 11.5 Å². The van der Waals surface area contributed by atoms with E-state index in [0.29, 0.717) is 24.6 Å². The van der Waals surface area contributed by atoms with E-state index in [1.807, 2.05) is 57.2 Å². The molecule has 0 radical (unpaired) electrons. The van der Waals surface area contributed by atoms with Gasteiger partial charge in [-0.25, -0.2) is 8.42 Å². The molecule has 4 rings (SSSR count). The van der Waals surface area contributed by atoms with E-state index in [4.69, 9.17) is 4.74 Å². The Morgan fingerprint density at radius 2 is 1.72 bits per heavy atom. The molecule has 0 spiro atoms. The molecule has 0 aliphatic heterocycles. The molecule has 2 heterocycles. The molecule has 0 bridgehead atoms. The van der Waals surface area contributed by atoms with Crippen LogP contribution in [0.1, 0.15) is 43.3 Å². The van der Waals surface area contributed by atoms with Gasteiger partial charge in [0.2, 0.25) is 15.7 Å². The normalized spacial score (nSPS) is 12.5. The molecule has 2 aromatic heterocycles. The maximum atomic E-state index is 13.8. The average Bonchev–Trinajstić information content (AvgIpc) is 2.91. The monoisotopic (exact) mass is 547 g/mol. The van der Waals surface area contributed by atoms with E-state index in [2.05, 4.69) is 9.97 Å². The van der Waals surface area contributed by atoms with Gasteiger partial charge in [-0.3, -0.25) is 14.3 Å². The standard InChI is InChI=1S/C30H33N3O5S/c1-20(2)10-15-27-32-29(34)28(30(35)33(27)26(19-38-4)23-8-6-5-7-9-23)39(36,37)24-13-11-22(12-14-24)25-16-17-31-18-21(25)3/h5-9,11-14,16-18,20,26,35H,10,15,19H2,1-4H3. The fourth-order valence-electron chi connectivity index (χ4n) is 4.59. The van der Waals surface area contributed by atoms with E-state index in [1.54, 1.807) is 24.5 Å². The zero-order valence-corrected chi connectivity index (χ0v) is 23.4. The van der Waals surface area contributed by atoms with Crippen LogP contribution in [0.5, 0.6) is 5.88 Å². The predicted octanol–water partition coefficient (Wildman–Crippen LogP) is 4.98. The third-order valence-corrected chi connectivity index (χ3v) is 8.45. The van der Waals surface area contributed by atoms with Crippen molar-refractivity contribution in [1.82, 2.24) is 14.5 Å². The lowest BCUT2D eigenvalue weighted by Gasteiger charge is -2.26. The lowest BCUT2D eigenvalue weighted by atomic mass is 10.0. The summed E-state index contributed by atoms with van der Waals surface area (Å²) in [6.07, 6.45) is 4.48. The van der Waals surface area contributed by atoms with Crippen molar-refractivity contribution >= 4 is 9.84 Å². The molecular formula is C30H33N3O5S. The van der Waals surface area contributed by atoms with E-state index in [1.165, 1.54) is 23.8 Å². The molecule has 4 aromatic rings. The second-order valence-corrected chi connectivity index (χ2v) is 11.8. The van der Waals surface area contributed by atoms with E-state index in [0.717, 1.165) is 22.3 Å². The van der Waals surface area contributed by atoms with Gasteiger partial charge in [-0.15, -0.1) is 0 Å². The summed E-state index contributed by atoms with van der Waals surface area (Å²) in [5.74, 6) is -0.0330. The Kier molecular flexibility index (Phi) is 8.62. The summed E-state index contributed by atoms with van der Waals surface area (Å²) in [6, 6.07) is 16.8. The molecule has 2 aromatic carbocycles.